The van der Waals surface area contributed by atoms with Crippen molar-refractivity contribution < 1.29 is 9.53 Å². The zero-order valence-electron chi connectivity index (χ0n) is 6.04. The largest absolute Gasteiger partial charge is 0.493 e. The van der Waals surface area contributed by atoms with Gasteiger partial charge >= 0.3 is 0 Å². The van der Waals surface area contributed by atoms with Gasteiger partial charge in [0.25, 0.3) is 0 Å². The first-order valence-electron chi connectivity index (χ1n) is 3.61. The summed E-state index contributed by atoms with van der Waals surface area (Å²) in [5.74, 6) is 0.870. The number of hydrogen-bond acceptors (Lipinski definition) is 2. The van der Waals surface area contributed by atoms with Crippen molar-refractivity contribution in [1.29, 1.82) is 0 Å². The van der Waals surface area contributed by atoms with E-state index in [1.807, 2.05) is 18.2 Å². The fourth-order valence-electron chi connectivity index (χ4n) is 1.36. The third-order valence-corrected chi connectivity index (χ3v) is 1.91. The SMILES string of the molecule is O=Cc1cccc2c1CCO2. The molecule has 2 nitrogen and oxygen atoms in total. The molecule has 2 rings (SSSR count). The van der Waals surface area contributed by atoms with Crippen molar-refractivity contribution in [3.05, 3.63) is 29.3 Å². The number of fused-ring (bicyclic) bond motifs is 1. The summed E-state index contributed by atoms with van der Waals surface area (Å²) in [7, 11) is 0. The van der Waals surface area contributed by atoms with Gasteiger partial charge in [-0.1, -0.05) is 12.1 Å². The molecule has 1 heterocycles. The highest BCUT2D eigenvalue weighted by molar-refractivity contribution is 5.79. The minimum Gasteiger partial charge on any atom is -0.493 e. The first kappa shape index (κ1) is 6.40. The Morgan fingerprint density at radius 3 is 3.18 bits per heavy atom. The molecule has 2 heteroatoms. The van der Waals surface area contributed by atoms with Gasteiger partial charge in [0.1, 0.15) is 12.0 Å². The van der Waals surface area contributed by atoms with Gasteiger partial charge in [-0.05, 0) is 6.07 Å². The van der Waals surface area contributed by atoms with Crippen LogP contribution in [-0.2, 0) is 6.42 Å². The highest BCUT2D eigenvalue weighted by Gasteiger charge is 2.14. The van der Waals surface area contributed by atoms with Gasteiger partial charge in [0, 0.05) is 17.5 Å². The minimum atomic E-state index is 0.709. The zero-order valence-corrected chi connectivity index (χ0v) is 6.04. The average molecular weight is 148 g/mol. The van der Waals surface area contributed by atoms with Crippen LogP contribution in [-0.4, -0.2) is 12.9 Å². The lowest BCUT2D eigenvalue weighted by atomic mass is 10.1. The second-order valence-electron chi connectivity index (χ2n) is 2.54. The Morgan fingerprint density at radius 1 is 1.45 bits per heavy atom. The molecule has 0 amide bonds. The van der Waals surface area contributed by atoms with E-state index in [-0.39, 0.29) is 0 Å². The lowest BCUT2D eigenvalue weighted by Crippen LogP contribution is -1.87. The van der Waals surface area contributed by atoms with Crippen molar-refractivity contribution in [2.45, 2.75) is 6.42 Å². The number of rotatable bonds is 1. The lowest BCUT2D eigenvalue weighted by Gasteiger charge is -1.98. The van der Waals surface area contributed by atoms with Crippen molar-refractivity contribution >= 4 is 6.29 Å². The molecule has 56 valence electrons. The third kappa shape index (κ3) is 0.909. The monoisotopic (exact) mass is 148 g/mol. The number of carbonyl (C=O) groups is 1. The summed E-state index contributed by atoms with van der Waals surface area (Å²) in [4.78, 5) is 10.5. The summed E-state index contributed by atoms with van der Waals surface area (Å²) in [6, 6.07) is 5.56. The summed E-state index contributed by atoms with van der Waals surface area (Å²) < 4.78 is 5.28. The Kier molecular flexibility index (Phi) is 1.39. The molecular weight excluding hydrogens is 140 g/mol. The molecule has 1 aromatic carbocycles. The zero-order chi connectivity index (χ0) is 7.68. The maximum atomic E-state index is 10.5. The molecule has 0 aliphatic carbocycles. The van der Waals surface area contributed by atoms with Crippen molar-refractivity contribution in [3.63, 3.8) is 0 Å². The van der Waals surface area contributed by atoms with E-state index in [0.717, 1.165) is 29.6 Å². The van der Waals surface area contributed by atoms with E-state index in [2.05, 4.69) is 0 Å². The first-order valence-corrected chi connectivity index (χ1v) is 3.61. The Bertz CT molecular complexity index is 292. The quantitative estimate of drug-likeness (QED) is 0.563. The van der Waals surface area contributed by atoms with E-state index in [9.17, 15) is 4.79 Å². The van der Waals surface area contributed by atoms with E-state index in [1.54, 1.807) is 0 Å². The van der Waals surface area contributed by atoms with E-state index in [4.69, 9.17) is 4.74 Å². The van der Waals surface area contributed by atoms with E-state index in [0.29, 0.717) is 6.61 Å². The highest BCUT2D eigenvalue weighted by atomic mass is 16.5. The minimum absolute atomic E-state index is 0.709. The molecular formula is C9H8O2. The van der Waals surface area contributed by atoms with Gasteiger partial charge in [0.2, 0.25) is 0 Å². The average Bonchev–Trinajstić information content (AvgIpc) is 2.50. The molecule has 0 unspecified atom stereocenters. The molecule has 1 aliphatic rings. The van der Waals surface area contributed by atoms with Crippen LogP contribution >= 0.6 is 0 Å². The fraction of sp³-hybridized carbons (Fsp3) is 0.222. The number of aldehydes is 1. The molecule has 0 bridgehead atoms. The van der Waals surface area contributed by atoms with E-state index >= 15 is 0 Å². The molecule has 0 atom stereocenters. The Morgan fingerprint density at radius 2 is 2.36 bits per heavy atom. The van der Waals surface area contributed by atoms with Crippen LogP contribution in [0.5, 0.6) is 5.75 Å². The predicted molar refractivity (Wildman–Crippen MR) is 41.0 cm³/mol. The first-order chi connectivity index (χ1) is 5.42. The van der Waals surface area contributed by atoms with Gasteiger partial charge < -0.3 is 4.74 Å². The summed E-state index contributed by atoms with van der Waals surface area (Å²) in [6.45, 7) is 0.709. The summed E-state index contributed by atoms with van der Waals surface area (Å²) in [5, 5.41) is 0. The van der Waals surface area contributed by atoms with Crippen LogP contribution in [0.2, 0.25) is 0 Å². The topological polar surface area (TPSA) is 26.3 Å². The molecule has 0 spiro atoms. The second-order valence-corrected chi connectivity index (χ2v) is 2.54. The van der Waals surface area contributed by atoms with Crippen LogP contribution in [0.3, 0.4) is 0 Å². The summed E-state index contributed by atoms with van der Waals surface area (Å²) >= 11 is 0. The molecule has 11 heavy (non-hydrogen) atoms. The van der Waals surface area contributed by atoms with Gasteiger partial charge in [-0.25, -0.2) is 0 Å². The molecule has 0 N–H and O–H groups in total. The Hall–Kier alpha value is -1.31. The molecule has 1 aromatic rings. The highest BCUT2D eigenvalue weighted by Crippen LogP contribution is 2.26. The number of ether oxygens (including phenoxy) is 1. The number of carbonyl (C=O) groups excluding carboxylic acids is 1. The van der Waals surface area contributed by atoms with Gasteiger partial charge in [0.15, 0.2) is 0 Å². The second kappa shape index (κ2) is 2.38. The van der Waals surface area contributed by atoms with E-state index < -0.39 is 0 Å². The third-order valence-electron chi connectivity index (χ3n) is 1.91. The molecule has 0 saturated heterocycles. The van der Waals surface area contributed by atoms with Crippen LogP contribution in [0.15, 0.2) is 18.2 Å². The number of benzene rings is 1. The normalized spacial score (nSPS) is 13.8. The molecule has 1 aliphatic heterocycles. The van der Waals surface area contributed by atoms with Crippen molar-refractivity contribution in [2.24, 2.45) is 0 Å². The van der Waals surface area contributed by atoms with E-state index in [1.165, 1.54) is 0 Å². The Labute approximate surface area is 64.8 Å². The van der Waals surface area contributed by atoms with Gasteiger partial charge in [-0.3, -0.25) is 4.79 Å². The van der Waals surface area contributed by atoms with Crippen LogP contribution < -0.4 is 4.74 Å². The molecule has 0 radical (unpaired) electrons. The maximum Gasteiger partial charge on any atom is 0.150 e. The smallest absolute Gasteiger partial charge is 0.150 e. The molecule has 0 fully saturated rings. The lowest BCUT2D eigenvalue weighted by molar-refractivity contribution is 0.112. The van der Waals surface area contributed by atoms with Gasteiger partial charge in [-0.2, -0.15) is 0 Å². The van der Waals surface area contributed by atoms with Crippen LogP contribution in [0.4, 0.5) is 0 Å². The van der Waals surface area contributed by atoms with Crippen molar-refractivity contribution in [2.75, 3.05) is 6.61 Å². The maximum absolute atomic E-state index is 10.5. The summed E-state index contributed by atoms with van der Waals surface area (Å²) in [6.07, 6.45) is 1.75. The van der Waals surface area contributed by atoms with Crippen molar-refractivity contribution in [1.82, 2.24) is 0 Å². The predicted octanol–water partition coefficient (Wildman–Crippen LogP) is 1.43. The van der Waals surface area contributed by atoms with Gasteiger partial charge in [-0.15, -0.1) is 0 Å². The summed E-state index contributed by atoms with van der Waals surface area (Å²) in [5.41, 5.74) is 1.82. The van der Waals surface area contributed by atoms with Crippen LogP contribution in [0.25, 0.3) is 0 Å². The van der Waals surface area contributed by atoms with Crippen molar-refractivity contribution in [3.8, 4) is 5.75 Å². The van der Waals surface area contributed by atoms with Gasteiger partial charge in [0.05, 0.1) is 6.61 Å². The molecule has 0 aromatic heterocycles. The van der Waals surface area contributed by atoms with Crippen LogP contribution in [0, 0.1) is 0 Å². The fourth-order valence-corrected chi connectivity index (χ4v) is 1.36. The Balaban J connectivity index is 2.58. The standard InChI is InChI=1S/C9H8O2/c10-6-7-2-1-3-9-8(7)4-5-11-9/h1-3,6H,4-5H2. The molecule has 0 saturated carbocycles. The number of hydrogen-bond donors (Lipinski definition) is 0. The van der Waals surface area contributed by atoms with Crippen LogP contribution in [0.1, 0.15) is 15.9 Å².